The van der Waals surface area contributed by atoms with E-state index in [2.05, 4.69) is 30.6 Å². The summed E-state index contributed by atoms with van der Waals surface area (Å²) in [5.74, 6) is 11.9. The van der Waals surface area contributed by atoms with Gasteiger partial charge in [-0.1, -0.05) is 37.5 Å². The second-order valence-corrected chi connectivity index (χ2v) is 2.77. The lowest BCUT2D eigenvalue weighted by Gasteiger charge is -1.87. The van der Waals surface area contributed by atoms with Crippen LogP contribution in [-0.4, -0.2) is 13.7 Å². The molecule has 72 valence electrons. The number of methoxy groups -OCH3 is 1. The Bertz CT molecular complexity index is 209. The Morgan fingerprint density at radius 3 is 2.46 bits per heavy atom. The van der Waals surface area contributed by atoms with Crippen LogP contribution >= 0.6 is 0 Å². The number of hydrogen-bond donors (Lipinski definition) is 0. The fourth-order valence-corrected chi connectivity index (χ4v) is 0.844. The van der Waals surface area contributed by atoms with Gasteiger partial charge >= 0.3 is 0 Å². The molecule has 0 N–H and O–H groups in total. The smallest absolute Gasteiger partial charge is 0.107 e. The third-order valence-corrected chi connectivity index (χ3v) is 1.55. The highest BCUT2D eigenvalue weighted by molar-refractivity contribution is 5.11. The van der Waals surface area contributed by atoms with E-state index in [1.54, 1.807) is 7.11 Å². The molecule has 0 rings (SSSR count). The van der Waals surface area contributed by atoms with Crippen molar-refractivity contribution < 1.29 is 4.74 Å². The maximum atomic E-state index is 4.78. The summed E-state index contributed by atoms with van der Waals surface area (Å²) < 4.78 is 4.78. The van der Waals surface area contributed by atoms with Crippen molar-refractivity contribution in [2.45, 2.75) is 39.0 Å². The Morgan fingerprint density at radius 2 is 1.77 bits per heavy atom. The van der Waals surface area contributed by atoms with E-state index in [0.717, 1.165) is 6.42 Å². The van der Waals surface area contributed by atoms with Crippen molar-refractivity contribution >= 4 is 0 Å². The van der Waals surface area contributed by atoms with E-state index in [-0.39, 0.29) is 0 Å². The lowest BCUT2D eigenvalue weighted by molar-refractivity contribution is 0.239. The van der Waals surface area contributed by atoms with Crippen LogP contribution in [0, 0.1) is 23.7 Å². The molecule has 0 radical (unpaired) electrons. The molecule has 0 saturated heterocycles. The predicted molar refractivity (Wildman–Crippen MR) is 56.2 cm³/mol. The first kappa shape index (κ1) is 12.1. The van der Waals surface area contributed by atoms with E-state index in [0.29, 0.717) is 13.0 Å². The average molecular weight is 178 g/mol. The molecule has 0 bridgehead atoms. The number of hydrogen-bond acceptors (Lipinski definition) is 1. The molecule has 1 heteroatoms. The highest BCUT2D eigenvalue weighted by Crippen LogP contribution is 1.96. The summed E-state index contributed by atoms with van der Waals surface area (Å²) in [5.41, 5.74) is 0. The molecule has 0 aromatic carbocycles. The van der Waals surface area contributed by atoms with Crippen LogP contribution in [0.2, 0.25) is 0 Å². The Morgan fingerprint density at radius 1 is 1.00 bits per heavy atom. The summed E-state index contributed by atoms with van der Waals surface area (Å²) >= 11 is 0. The third kappa shape index (κ3) is 11.1. The first-order valence-electron chi connectivity index (χ1n) is 4.82. The van der Waals surface area contributed by atoms with Gasteiger partial charge in [-0.25, -0.2) is 0 Å². The van der Waals surface area contributed by atoms with Crippen molar-refractivity contribution in [3.63, 3.8) is 0 Å². The molecule has 0 aromatic rings. The molecular weight excluding hydrogens is 160 g/mol. The van der Waals surface area contributed by atoms with E-state index < -0.39 is 0 Å². The monoisotopic (exact) mass is 178 g/mol. The maximum absolute atomic E-state index is 4.78. The maximum Gasteiger partial charge on any atom is 0.107 e. The van der Waals surface area contributed by atoms with Gasteiger partial charge < -0.3 is 4.74 Å². The standard InChI is InChI=1S/C12H18O/c1-3-4-5-6-7-8-9-10-11-12-13-2/h3-6,9,12H2,1-2H3. The van der Waals surface area contributed by atoms with Crippen molar-refractivity contribution in [1.29, 1.82) is 0 Å². The van der Waals surface area contributed by atoms with Crippen LogP contribution in [0.3, 0.4) is 0 Å². The van der Waals surface area contributed by atoms with E-state index >= 15 is 0 Å². The van der Waals surface area contributed by atoms with Gasteiger partial charge in [0, 0.05) is 13.5 Å². The van der Waals surface area contributed by atoms with E-state index in [4.69, 9.17) is 4.74 Å². The number of unbranched alkanes of at least 4 members (excludes halogenated alkanes) is 3. The first-order valence-corrected chi connectivity index (χ1v) is 4.82. The average Bonchev–Trinajstić information content (AvgIpc) is 2.16. The molecule has 0 atom stereocenters. The van der Waals surface area contributed by atoms with E-state index in [1.165, 1.54) is 19.3 Å². The number of ether oxygens (including phenoxy) is 1. The zero-order chi connectivity index (χ0) is 9.78. The van der Waals surface area contributed by atoms with Crippen LogP contribution in [0.4, 0.5) is 0 Å². The van der Waals surface area contributed by atoms with Gasteiger partial charge in [-0.05, 0) is 6.42 Å². The molecule has 0 unspecified atom stereocenters. The Hall–Kier alpha value is -0.920. The van der Waals surface area contributed by atoms with Crippen LogP contribution in [0.25, 0.3) is 0 Å². The van der Waals surface area contributed by atoms with Crippen molar-refractivity contribution in [1.82, 2.24) is 0 Å². The fourth-order valence-electron chi connectivity index (χ4n) is 0.844. The molecule has 13 heavy (non-hydrogen) atoms. The molecule has 0 aromatic heterocycles. The highest BCUT2D eigenvalue weighted by atomic mass is 16.5. The molecule has 0 aliphatic heterocycles. The van der Waals surface area contributed by atoms with E-state index in [9.17, 15) is 0 Å². The first-order chi connectivity index (χ1) is 6.41. The molecule has 0 spiro atoms. The van der Waals surface area contributed by atoms with E-state index in [1.807, 2.05) is 0 Å². The van der Waals surface area contributed by atoms with Gasteiger partial charge in [0.2, 0.25) is 0 Å². The third-order valence-electron chi connectivity index (χ3n) is 1.55. The summed E-state index contributed by atoms with van der Waals surface area (Å²) in [7, 11) is 1.64. The summed E-state index contributed by atoms with van der Waals surface area (Å²) in [4.78, 5) is 0. The Kier molecular flexibility index (Phi) is 10.3. The van der Waals surface area contributed by atoms with Gasteiger partial charge in [-0.3, -0.25) is 0 Å². The van der Waals surface area contributed by atoms with Gasteiger partial charge in [-0.2, -0.15) is 0 Å². The molecule has 0 amide bonds. The molecule has 0 aliphatic rings. The topological polar surface area (TPSA) is 9.23 Å². The molecule has 0 fully saturated rings. The van der Waals surface area contributed by atoms with Crippen LogP contribution in [0.15, 0.2) is 0 Å². The Balaban J connectivity index is 3.26. The normalized spacial score (nSPS) is 8.15. The van der Waals surface area contributed by atoms with Crippen molar-refractivity contribution in [2.24, 2.45) is 0 Å². The van der Waals surface area contributed by atoms with Gasteiger partial charge in [-0.15, -0.1) is 5.92 Å². The second kappa shape index (κ2) is 11.1. The SMILES string of the molecule is CCCCCC#CCC#CCOC. The van der Waals surface area contributed by atoms with Crippen LogP contribution in [-0.2, 0) is 4.74 Å². The van der Waals surface area contributed by atoms with Gasteiger partial charge in [0.25, 0.3) is 0 Å². The van der Waals surface area contributed by atoms with Crippen molar-refractivity contribution in [3.05, 3.63) is 0 Å². The molecule has 1 nitrogen and oxygen atoms in total. The summed E-state index contributed by atoms with van der Waals surface area (Å²) in [6.07, 6.45) is 5.45. The van der Waals surface area contributed by atoms with Crippen molar-refractivity contribution in [2.75, 3.05) is 13.7 Å². The van der Waals surface area contributed by atoms with Crippen LogP contribution in [0.5, 0.6) is 0 Å². The highest BCUT2D eigenvalue weighted by Gasteiger charge is 1.79. The van der Waals surface area contributed by atoms with Gasteiger partial charge in [0.1, 0.15) is 6.61 Å². The lowest BCUT2D eigenvalue weighted by atomic mass is 10.2. The number of rotatable bonds is 4. The lowest BCUT2D eigenvalue weighted by Crippen LogP contribution is -1.80. The zero-order valence-corrected chi connectivity index (χ0v) is 8.65. The Labute approximate surface area is 81.9 Å². The zero-order valence-electron chi connectivity index (χ0n) is 8.65. The van der Waals surface area contributed by atoms with Crippen molar-refractivity contribution in [3.8, 4) is 23.7 Å². The predicted octanol–water partition coefficient (Wildman–Crippen LogP) is 2.61. The minimum absolute atomic E-state index is 0.511. The minimum atomic E-state index is 0.511. The molecule has 0 heterocycles. The van der Waals surface area contributed by atoms with Crippen LogP contribution in [0.1, 0.15) is 39.0 Å². The minimum Gasteiger partial charge on any atom is -0.372 e. The molecule has 0 saturated carbocycles. The fraction of sp³-hybridized carbons (Fsp3) is 0.667. The quantitative estimate of drug-likeness (QED) is 0.475. The van der Waals surface area contributed by atoms with Crippen LogP contribution < -0.4 is 0 Å². The largest absolute Gasteiger partial charge is 0.372 e. The summed E-state index contributed by atoms with van der Waals surface area (Å²) in [5, 5.41) is 0. The summed E-state index contributed by atoms with van der Waals surface area (Å²) in [6.45, 7) is 2.71. The van der Waals surface area contributed by atoms with Gasteiger partial charge in [0.05, 0.1) is 6.42 Å². The second-order valence-electron chi connectivity index (χ2n) is 2.77. The molecule has 0 aliphatic carbocycles. The summed E-state index contributed by atoms with van der Waals surface area (Å²) in [6, 6.07) is 0. The van der Waals surface area contributed by atoms with Gasteiger partial charge in [0.15, 0.2) is 0 Å². The molecular formula is C12H18O.